The standard InChI is InChI=1S/C17H27N3O3.2C2H6/c1-5-13-18-9-11-20(13)15(22)12-8-7-10-19(12)16(23)14(21)17(3,4)6-2;2*1-2/h9,11-13,18H,5-8,10H2,1-4H3;2*1-2H3/t12-,13?;;/m0../s1. The van der Waals surface area contributed by atoms with E-state index in [1.54, 1.807) is 31.1 Å². The number of hydrogen-bond acceptors (Lipinski definition) is 4. The third-order valence-corrected chi connectivity index (χ3v) is 4.99. The van der Waals surface area contributed by atoms with E-state index in [9.17, 15) is 14.4 Å². The van der Waals surface area contributed by atoms with Gasteiger partial charge in [0.1, 0.15) is 12.2 Å². The molecule has 27 heavy (non-hydrogen) atoms. The molecule has 1 fully saturated rings. The maximum atomic E-state index is 12.8. The van der Waals surface area contributed by atoms with Gasteiger partial charge in [0.2, 0.25) is 5.78 Å². The van der Waals surface area contributed by atoms with Crippen molar-refractivity contribution >= 4 is 17.6 Å². The minimum absolute atomic E-state index is 0.0668. The highest BCUT2D eigenvalue weighted by Crippen LogP contribution is 2.27. The second-order valence-electron chi connectivity index (χ2n) is 6.88. The van der Waals surface area contributed by atoms with Crippen LogP contribution < -0.4 is 5.32 Å². The summed E-state index contributed by atoms with van der Waals surface area (Å²) in [6.45, 7) is 15.9. The van der Waals surface area contributed by atoms with E-state index >= 15 is 0 Å². The third kappa shape index (κ3) is 5.81. The maximum Gasteiger partial charge on any atom is 0.291 e. The number of ketones is 1. The van der Waals surface area contributed by atoms with Crippen LogP contribution in [-0.4, -0.2) is 46.1 Å². The molecule has 0 aromatic rings. The predicted octanol–water partition coefficient (Wildman–Crippen LogP) is 3.67. The molecule has 156 valence electrons. The Morgan fingerprint density at radius 3 is 2.22 bits per heavy atom. The molecule has 0 bridgehead atoms. The zero-order valence-corrected chi connectivity index (χ0v) is 18.5. The molecule has 2 heterocycles. The largest absolute Gasteiger partial charge is 0.370 e. The predicted molar refractivity (Wildman–Crippen MR) is 110 cm³/mol. The lowest BCUT2D eigenvalue weighted by Crippen LogP contribution is -2.52. The molecule has 1 unspecified atom stereocenters. The molecule has 2 atom stereocenters. The first-order chi connectivity index (χ1) is 12.8. The molecule has 2 rings (SSSR count). The summed E-state index contributed by atoms with van der Waals surface area (Å²) in [6.07, 6.45) is 6.15. The number of likely N-dealkylation sites (tertiary alicyclic amines) is 1. The van der Waals surface area contributed by atoms with Crippen molar-refractivity contribution in [2.75, 3.05) is 6.54 Å². The smallest absolute Gasteiger partial charge is 0.291 e. The minimum atomic E-state index is -0.686. The number of carbonyl (C=O) groups excluding carboxylic acids is 3. The van der Waals surface area contributed by atoms with Gasteiger partial charge in [0, 0.05) is 24.4 Å². The Hall–Kier alpha value is -1.85. The molecule has 2 amide bonds. The van der Waals surface area contributed by atoms with Crippen molar-refractivity contribution in [2.24, 2.45) is 5.41 Å². The van der Waals surface area contributed by atoms with Crippen molar-refractivity contribution < 1.29 is 14.4 Å². The van der Waals surface area contributed by atoms with Gasteiger partial charge in [0.05, 0.1) is 0 Å². The van der Waals surface area contributed by atoms with Crippen LogP contribution >= 0.6 is 0 Å². The van der Waals surface area contributed by atoms with Crippen LogP contribution in [0.1, 0.15) is 81.1 Å². The summed E-state index contributed by atoms with van der Waals surface area (Å²) in [6, 6.07) is -0.530. The molecule has 0 aromatic heterocycles. The molecule has 6 nitrogen and oxygen atoms in total. The highest BCUT2D eigenvalue weighted by atomic mass is 16.2. The van der Waals surface area contributed by atoms with Crippen LogP contribution in [0, 0.1) is 5.41 Å². The zero-order chi connectivity index (χ0) is 21.2. The van der Waals surface area contributed by atoms with E-state index in [0.29, 0.717) is 19.4 Å². The summed E-state index contributed by atoms with van der Waals surface area (Å²) in [7, 11) is 0. The van der Waals surface area contributed by atoms with E-state index < -0.39 is 23.1 Å². The van der Waals surface area contributed by atoms with Crippen molar-refractivity contribution in [1.82, 2.24) is 15.1 Å². The van der Waals surface area contributed by atoms with Gasteiger partial charge in [-0.2, -0.15) is 0 Å². The number of amides is 2. The number of hydrogen-bond donors (Lipinski definition) is 1. The molecule has 1 N–H and O–H groups in total. The topological polar surface area (TPSA) is 69.7 Å². The molecule has 0 radical (unpaired) electrons. The van der Waals surface area contributed by atoms with Gasteiger partial charge in [-0.05, 0) is 25.7 Å². The van der Waals surface area contributed by atoms with Gasteiger partial charge in [-0.15, -0.1) is 0 Å². The third-order valence-electron chi connectivity index (χ3n) is 4.99. The first-order valence-corrected chi connectivity index (χ1v) is 10.4. The van der Waals surface area contributed by atoms with Crippen molar-refractivity contribution in [1.29, 1.82) is 0 Å². The summed E-state index contributed by atoms with van der Waals surface area (Å²) in [5.41, 5.74) is -0.686. The molecule has 0 aromatic carbocycles. The number of nitrogens with one attached hydrogen (secondary N) is 1. The van der Waals surface area contributed by atoms with Gasteiger partial charge in [0.25, 0.3) is 11.8 Å². The first kappa shape index (κ1) is 25.1. The Kier molecular flexibility index (Phi) is 11.0. The highest BCUT2D eigenvalue weighted by Gasteiger charge is 2.43. The van der Waals surface area contributed by atoms with Crippen molar-refractivity contribution in [3.05, 3.63) is 12.4 Å². The fraction of sp³-hybridized carbons (Fsp3) is 0.762. The van der Waals surface area contributed by atoms with E-state index in [1.807, 2.05) is 41.5 Å². The van der Waals surface area contributed by atoms with Crippen molar-refractivity contribution in [3.63, 3.8) is 0 Å². The van der Waals surface area contributed by atoms with Gasteiger partial charge in [-0.3, -0.25) is 19.3 Å². The van der Waals surface area contributed by atoms with E-state index in [-0.39, 0.29) is 12.1 Å². The Balaban J connectivity index is 0.00000158. The summed E-state index contributed by atoms with van der Waals surface area (Å²) >= 11 is 0. The van der Waals surface area contributed by atoms with Crippen LogP contribution in [0.15, 0.2) is 12.4 Å². The maximum absolute atomic E-state index is 12.8. The summed E-state index contributed by atoms with van der Waals surface area (Å²) in [5.74, 6) is -1.02. The molecule has 2 aliphatic rings. The zero-order valence-electron chi connectivity index (χ0n) is 18.5. The average molecular weight is 382 g/mol. The highest BCUT2D eigenvalue weighted by molar-refractivity contribution is 6.38. The second-order valence-corrected chi connectivity index (χ2v) is 6.88. The van der Waals surface area contributed by atoms with Crippen molar-refractivity contribution in [2.45, 2.75) is 93.3 Å². The van der Waals surface area contributed by atoms with E-state index in [4.69, 9.17) is 0 Å². The molecular formula is C21H39N3O3. The normalized spacial score (nSPS) is 20.9. The van der Waals surface area contributed by atoms with E-state index in [0.717, 1.165) is 12.8 Å². The van der Waals surface area contributed by atoms with Crippen LogP contribution in [0.4, 0.5) is 0 Å². The van der Waals surface area contributed by atoms with Gasteiger partial charge >= 0.3 is 0 Å². The van der Waals surface area contributed by atoms with Crippen LogP contribution in [0.2, 0.25) is 0 Å². The van der Waals surface area contributed by atoms with Gasteiger partial charge in [-0.25, -0.2) is 0 Å². The summed E-state index contributed by atoms with van der Waals surface area (Å²) in [5, 5.41) is 3.12. The SMILES string of the molecule is CC.CC.CCC1NC=CN1C(=O)[C@@H]1CCCN1C(=O)C(=O)C(C)(C)CC. The summed E-state index contributed by atoms with van der Waals surface area (Å²) < 4.78 is 0. The van der Waals surface area contributed by atoms with Gasteiger partial charge < -0.3 is 10.2 Å². The molecule has 2 aliphatic heterocycles. The molecule has 1 saturated heterocycles. The number of rotatable bonds is 5. The van der Waals surface area contributed by atoms with Gasteiger partial charge in [-0.1, -0.05) is 55.4 Å². The quantitative estimate of drug-likeness (QED) is 0.738. The lowest BCUT2D eigenvalue weighted by molar-refractivity contribution is -0.152. The van der Waals surface area contributed by atoms with Gasteiger partial charge in [0.15, 0.2) is 0 Å². The molecular weight excluding hydrogens is 342 g/mol. The average Bonchev–Trinajstić information content (AvgIpc) is 3.38. The van der Waals surface area contributed by atoms with Crippen LogP contribution in [0.3, 0.4) is 0 Å². The molecule has 0 spiro atoms. The lowest BCUT2D eigenvalue weighted by atomic mass is 9.84. The Bertz CT molecular complexity index is 529. The van der Waals surface area contributed by atoms with Crippen LogP contribution in [0.5, 0.6) is 0 Å². The summed E-state index contributed by atoms with van der Waals surface area (Å²) in [4.78, 5) is 41.0. The second kappa shape index (κ2) is 11.8. The van der Waals surface area contributed by atoms with Crippen LogP contribution in [-0.2, 0) is 14.4 Å². The van der Waals surface area contributed by atoms with E-state index in [2.05, 4.69) is 5.32 Å². The Labute approximate surface area is 165 Å². The van der Waals surface area contributed by atoms with Crippen LogP contribution in [0.25, 0.3) is 0 Å². The van der Waals surface area contributed by atoms with E-state index in [1.165, 1.54) is 4.90 Å². The first-order valence-electron chi connectivity index (χ1n) is 10.4. The molecule has 0 aliphatic carbocycles. The Morgan fingerprint density at radius 2 is 1.70 bits per heavy atom. The number of nitrogens with zero attached hydrogens (tertiary/aromatic N) is 2. The molecule has 6 heteroatoms. The molecule has 0 saturated carbocycles. The fourth-order valence-corrected chi connectivity index (χ4v) is 2.98. The number of Topliss-reactive ketones (excluding diaryl/α,β-unsaturated/α-hetero) is 1. The van der Waals surface area contributed by atoms with Crippen molar-refractivity contribution in [3.8, 4) is 0 Å². The lowest BCUT2D eigenvalue weighted by Gasteiger charge is -2.31. The minimum Gasteiger partial charge on any atom is -0.370 e. The number of carbonyl (C=O) groups is 3. The Morgan fingerprint density at radius 1 is 1.11 bits per heavy atom. The fourth-order valence-electron chi connectivity index (χ4n) is 2.98. The monoisotopic (exact) mass is 381 g/mol.